The maximum Gasteiger partial charge on any atom is 0.329 e. The Labute approximate surface area is 220 Å². The highest BCUT2D eigenvalue weighted by atomic mass is 35.5. The normalized spacial score (nSPS) is 16.3. The number of aromatic nitrogens is 2. The number of piperazine rings is 1. The maximum absolute atomic E-state index is 12.9. The quantitative estimate of drug-likeness (QED) is 0.465. The highest BCUT2D eigenvalue weighted by Crippen LogP contribution is 2.33. The minimum atomic E-state index is -0.494. The molecule has 2 aliphatic heterocycles. The topological polar surface area (TPSA) is 90.4 Å². The number of nitrogens with one attached hydrogen (secondary N) is 2. The van der Waals surface area contributed by atoms with Crippen LogP contribution in [0.1, 0.15) is 30.9 Å². The standard InChI is InChI=1S/C28H30ClN5O3/c1-3-19-13-21(9-6-18(19)2)30-25-15-27(36)32(28(37)31-25)12-4-5-26(35)34-17-23-14-24(34)16-33(23)22-10-7-20(29)8-11-22/h6-11,13-15,23,30H,3-5,12,16-17H2,1-2H3,(H,31,37)/t23-/m0/s1. The van der Waals surface area contributed by atoms with Gasteiger partial charge in [0.05, 0.1) is 12.6 Å². The second-order valence-electron chi connectivity index (χ2n) is 9.54. The van der Waals surface area contributed by atoms with Crippen molar-refractivity contribution in [3.63, 3.8) is 0 Å². The first-order valence-corrected chi connectivity index (χ1v) is 12.9. The molecule has 0 saturated heterocycles. The van der Waals surface area contributed by atoms with E-state index in [2.05, 4.69) is 35.1 Å². The molecule has 1 amide bonds. The number of hydrogen-bond donors (Lipinski definition) is 2. The van der Waals surface area contributed by atoms with Crippen LogP contribution in [-0.2, 0) is 17.8 Å². The third-order valence-corrected chi connectivity index (χ3v) is 7.35. The molecule has 192 valence electrons. The monoisotopic (exact) mass is 519 g/mol. The van der Waals surface area contributed by atoms with E-state index in [9.17, 15) is 14.4 Å². The van der Waals surface area contributed by atoms with E-state index in [4.69, 9.17) is 11.6 Å². The summed E-state index contributed by atoms with van der Waals surface area (Å²) < 4.78 is 1.14. The van der Waals surface area contributed by atoms with E-state index >= 15 is 0 Å². The van der Waals surface area contributed by atoms with Crippen molar-refractivity contribution in [3.8, 4) is 0 Å². The van der Waals surface area contributed by atoms with Crippen LogP contribution in [0.25, 0.3) is 0 Å². The average Bonchev–Trinajstić information content (AvgIpc) is 3.49. The van der Waals surface area contributed by atoms with Gasteiger partial charge in [0, 0.05) is 47.7 Å². The minimum absolute atomic E-state index is 0.0124. The number of carbonyl (C=O) groups excluding carboxylic acids is 1. The molecular formula is C28H30ClN5O3. The van der Waals surface area contributed by atoms with E-state index in [-0.39, 0.29) is 24.9 Å². The highest BCUT2D eigenvalue weighted by molar-refractivity contribution is 6.30. The summed E-state index contributed by atoms with van der Waals surface area (Å²) in [4.78, 5) is 44.9. The number of halogens is 1. The van der Waals surface area contributed by atoms with Gasteiger partial charge in [0.2, 0.25) is 5.91 Å². The molecule has 2 aromatic carbocycles. The van der Waals surface area contributed by atoms with Gasteiger partial charge in [-0.25, -0.2) is 4.79 Å². The van der Waals surface area contributed by atoms with E-state index in [1.54, 1.807) is 0 Å². The Morgan fingerprint density at radius 2 is 1.92 bits per heavy atom. The van der Waals surface area contributed by atoms with Crippen LogP contribution in [-0.4, -0.2) is 39.5 Å². The number of rotatable bonds is 8. The molecule has 0 saturated carbocycles. The number of aromatic amines is 1. The zero-order valence-corrected chi connectivity index (χ0v) is 21.7. The van der Waals surface area contributed by atoms with Crippen molar-refractivity contribution in [1.82, 2.24) is 14.5 Å². The van der Waals surface area contributed by atoms with E-state index in [0.717, 1.165) is 28.1 Å². The molecule has 9 heteroatoms. The Bertz CT molecular complexity index is 1440. The molecule has 1 aromatic heterocycles. The smallest absolute Gasteiger partial charge is 0.329 e. The van der Waals surface area contributed by atoms with Crippen molar-refractivity contribution in [1.29, 1.82) is 0 Å². The summed E-state index contributed by atoms with van der Waals surface area (Å²) in [5.41, 5.74) is 4.39. The van der Waals surface area contributed by atoms with Crippen molar-refractivity contribution in [2.75, 3.05) is 23.3 Å². The van der Waals surface area contributed by atoms with Crippen LogP contribution < -0.4 is 21.5 Å². The predicted octanol–water partition coefficient (Wildman–Crippen LogP) is 4.20. The van der Waals surface area contributed by atoms with E-state index in [1.807, 2.05) is 47.4 Å². The molecule has 5 rings (SSSR count). The first-order valence-electron chi connectivity index (χ1n) is 12.6. The number of hydrogen-bond acceptors (Lipinski definition) is 5. The van der Waals surface area contributed by atoms with Gasteiger partial charge in [0.1, 0.15) is 5.82 Å². The van der Waals surface area contributed by atoms with Crippen molar-refractivity contribution in [3.05, 3.63) is 97.3 Å². The molecule has 37 heavy (non-hydrogen) atoms. The molecule has 3 aromatic rings. The maximum atomic E-state index is 12.9. The predicted molar refractivity (Wildman–Crippen MR) is 147 cm³/mol. The van der Waals surface area contributed by atoms with Crippen molar-refractivity contribution < 1.29 is 4.79 Å². The second kappa shape index (κ2) is 10.3. The summed E-state index contributed by atoms with van der Waals surface area (Å²) >= 11 is 6.00. The fraction of sp³-hybridized carbons (Fsp3) is 0.321. The van der Waals surface area contributed by atoms with Crippen molar-refractivity contribution >= 4 is 34.7 Å². The third kappa shape index (κ3) is 5.20. The molecule has 1 atom stereocenters. The molecule has 2 bridgehead atoms. The molecule has 0 unspecified atom stereocenters. The van der Waals surface area contributed by atoms with Crippen molar-refractivity contribution in [2.45, 2.75) is 45.7 Å². The van der Waals surface area contributed by atoms with Gasteiger partial charge in [0.15, 0.2) is 0 Å². The largest absolute Gasteiger partial charge is 0.357 e. The van der Waals surface area contributed by atoms with Crippen LogP contribution >= 0.6 is 11.6 Å². The number of fused-ring (bicyclic) bond motifs is 1. The average molecular weight is 520 g/mol. The lowest BCUT2D eigenvalue weighted by Crippen LogP contribution is -2.46. The Balaban J connectivity index is 1.16. The molecule has 2 N–H and O–H groups in total. The van der Waals surface area contributed by atoms with Gasteiger partial charge in [0.25, 0.3) is 5.56 Å². The number of anilines is 3. The number of aryl methyl sites for hydroxylation is 2. The van der Waals surface area contributed by atoms with E-state index < -0.39 is 11.2 Å². The van der Waals surface area contributed by atoms with E-state index in [1.165, 1.54) is 17.2 Å². The fourth-order valence-electron chi connectivity index (χ4n) is 5.07. The SMILES string of the molecule is CCc1cc(Nc2cc(=O)n(CCCC(=O)N3C[C@@H]4C=C3CN4c3ccc(Cl)cc3)c(=O)[nH]2)ccc1C. The highest BCUT2D eigenvalue weighted by Gasteiger charge is 2.38. The van der Waals surface area contributed by atoms with Gasteiger partial charge in [-0.15, -0.1) is 0 Å². The Morgan fingerprint density at radius 3 is 2.59 bits per heavy atom. The van der Waals surface area contributed by atoms with Gasteiger partial charge in [-0.1, -0.05) is 24.6 Å². The molecule has 0 aliphatic carbocycles. The third-order valence-electron chi connectivity index (χ3n) is 7.10. The van der Waals surface area contributed by atoms with Crippen LogP contribution in [0.3, 0.4) is 0 Å². The summed E-state index contributed by atoms with van der Waals surface area (Å²) in [5.74, 6) is 0.358. The van der Waals surface area contributed by atoms with Gasteiger partial charge in [-0.05, 0) is 73.4 Å². The summed E-state index contributed by atoms with van der Waals surface area (Å²) in [7, 11) is 0. The lowest BCUT2D eigenvalue weighted by atomic mass is 10.1. The number of amides is 1. The van der Waals surface area contributed by atoms with Crippen LogP contribution in [0.4, 0.5) is 17.2 Å². The summed E-state index contributed by atoms with van der Waals surface area (Å²) in [6, 6.07) is 15.2. The Morgan fingerprint density at radius 1 is 1.14 bits per heavy atom. The van der Waals surface area contributed by atoms with Gasteiger partial charge >= 0.3 is 5.69 Å². The zero-order chi connectivity index (χ0) is 26.1. The van der Waals surface area contributed by atoms with Crippen LogP contribution in [0.5, 0.6) is 0 Å². The zero-order valence-electron chi connectivity index (χ0n) is 21.0. The molecular weight excluding hydrogens is 490 g/mol. The van der Waals surface area contributed by atoms with Gasteiger partial charge in [-0.2, -0.15) is 0 Å². The number of carbonyl (C=O) groups is 1. The van der Waals surface area contributed by atoms with Crippen LogP contribution in [0, 0.1) is 6.92 Å². The molecule has 8 nitrogen and oxygen atoms in total. The first-order chi connectivity index (χ1) is 17.8. The summed E-state index contributed by atoms with van der Waals surface area (Å²) in [6.07, 6.45) is 3.70. The van der Waals surface area contributed by atoms with Crippen LogP contribution in [0.2, 0.25) is 5.02 Å². The molecule has 0 spiro atoms. The molecule has 3 heterocycles. The number of nitrogens with zero attached hydrogens (tertiary/aromatic N) is 3. The number of benzene rings is 2. The minimum Gasteiger partial charge on any atom is -0.357 e. The lowest BCUT2D eigenvalue weighted by molar-refractivity contribution is -0.129. The fourth-order valence-corrected chi connectivity index (χ4v) is 5.20. The van der Waals surface area contributed by atoms with Gasteiger partial charge < -0.3 is 15.1 Å². The van der Waals surface area contributed by atoms with Crippen LogP contribution in [0.15, 0.2) is 69.9 Å². The Hall–Kier alpha value is -3.78. The van der Waals surface area contributed by atoms with Crippen molar-refractivity contribution in [2.24, 2.45) is 0 Å². The molecule has 2 aliphatic rings. The van der Waals surface area contributed by atoms with E-state index in [0.29, 0.717) is 30.4 Å². The first kappa shape index (κ1) is 24.9. The summed E-state index contributed by atoms with van der Waals surface area (Å²) in [6.45, 7) is 5.60. The van der Waals surface area contributed by atoms with Gasteiger partial charge in [-0.3, -0.25) is 19.1 Å². The molecule has 0 fully saturated rings. The number of H-pyrrole nitrogens is 1. The summed E-state index contributed by atoms with van der Waals surface area (Å²) in [5, 5.41) is 3.81. The molecule has 0 radical (unpaired) electrons. The Kier molecular flexibility index (Phi) is 6.93. The second-order valence-corrected chi connectivity index (χ2v) is 9.97. The lowest BCUT2D eigenvalue weighted by Gasteiger charge is -2.35.